The lowest BCUT2D eigenvalue weighted by atomic mass is 9.99. The number of aromatic hydroxyl groups is 4. The Morgan fingerprint density at radius 2 is 1.61 bits per heavy atom. The van der Waals surface area contributed by atoms with E-state index in [4.69, 9.17) is 13.9 Å². The van der Waals surface area contributed by atoms with Crippen LogP contribution in [0.25, 0.3) is 22.3 Å². The van der Waals surface area contributed by atoms with E-state index in [0.717, 1.165) is 24.3 Å². The summed E-state index contributed by atoms with van der Waals surface area (Å²) in [7, 11) is 0. The van der Waals surface area contributed by atoms with Gasteiger partial charge in [0.15, 0.2) is 17.3 Å². The first-order chi connectivity index (χ1) is 15.6. The molecule has 0 spiro atoms. The number of hydrogen-bond acceptors (Lipinski definition) is 12. The Hall–Kier alpha value is -3.55. The molecule has 4 rings (SSSR count). The molecule has 1 aromatic heterocycles. The Morgan fingerprint density at radius 1 is 0.879 bits per heavy atom. The van der Waals surface area contributed by atoms with E-state index >= 15 is 0 Å². The van der Waals surface area contributed by atoms with E-state index in [1.54, 1.807) is 0 Å². The highest BCUT2D eigenvalue weighted by molar-refractivity contribution is 5.88. The van der Waals surface area contributed by atoms with Crippen molar-refractivity contribution in [3.63, 3.8) is 0 Å². The van der Waals surface area contributed by atoms with Gasteiger partial charge in [0.1, 0.15) is 46.9 Å². The van der Waals surface area contributed by atoms with Crippen molar-refractivity contribution in [3.8, 4) is 40.1 Å². The fraction of sp³-hybridized carbons (Fsp3) is 0.286. The van der Waals surface area contributed by atoms with Crippen molar-refractivity contribution in [2.45, 2.75) is 30.7 Å². The number of ether oxygens (including phenoxy) is 2. The molecular weight excluding hydrogens is 444 g/mol. The van der Waals surface area contributed by atoms with E-state index in [9.17, 15) is 45.6 Å². The highest BCUT2D eigenvalue weighted by atomic mass is 16.7. The Labute approximate surface area is 184 Å². The van der Waals surface area contributed by atoms with Gasteiger partial charge in [-0.25, -0.2) is 0 Å². The molecule has 1 fully saturated rings. The summed E-state index contributed by atoms with van der Waals surface area (Å²) in [5.41, 5.74) is -1.19. The quantitative estimate of drug-likeness (QED) is 0.229. The summed E-state index contributed by atoms with van der Waals surface area (Å²) in [6, 6.07) is 5.36. The minimum atomic E-state index is -1.85. The average Bonchev–Trinajstić information content (AvgIpc) is 2.76. The molecule has 0 aliphatic carbocycles. The van der Waals surface area contributed by atoms with Crippen LogP contribution in [0.3, 0.4) is 0 Å². The van der Waals surface area contributed by atoms with Crippen molar-refractivity contribution in [3.05, 3.63) is 40.6 Å². The van der Waals surface area contributed by atoms with Gasteiger partial charge in [0.05, 0.1) is 6.61 Å². The molecule has 3 aromatic rings. The molecule has 12 heteroatoms. The molecule has 2 heterocycles. The van der Waals surface area contributed by atoms with Gasteiger partial charge in [-0.3, -0.25) is 4.79 Å². The number of phenols is 4. The Morgan fingerprint density at radius 3 is 2.27 bits per heavy atom. The van der Waals surface area contributed by atoms with Gasteiger partial charge < -0.3 is 54.7 Å². The van der Waals surface area contributed by atoms with E-state index < -0.39 is 71.5 Å². The fourth-order valence-corrected chi connectivity index (χ4v) is 3.51. The van der Waals surface area contributed by atoms with Crippen LogP contribution >= 0.6 is 0 Å². The second kappa shape index (κ2) is 8.42. The number of aliphatic hydroxyl groups excluding tert-OH is 4. The van der Waals surface area contributed by atoms with Crippen molar-refractivity contribution in [1.82, 2.24) is 0 Å². The largest absolute Gasteiger partial charge is 0.508 e. The maximum Gasteiger partial charge on any atom is 0.239 e. The molecule has 5 atom stereocenters. The summed E-state index contributed by atoms with van der Waals surface area (Å²) in [5, 5.41) is 78.7. The van der Waals surface area contributed by atoms with Gasteiger partial charge in [0.2, 0.25) is 17.5 Å². The molecule has 2 aromatic carbocycles. The summed E-state index contributed by atoms with van der Waals surface area (Å²) in [6.07, 6.45) is -8.40. The predicted octanol–water partition coefficient (Wildman–Crippen LogP) is -0.539. The van der Waals surface area contributed by atoms with Crippen LogP contribution in [0.4, 0.5) is 0 Å². The van der Waals surface area contributed by atoms with Crippen LogP contribution in [0.1, 0.15) is 0 Å². The third-order valence-electron chi connectivity index (χ3n) is 5.24. The van der Waals surface area contributed by atoms with Gasteiger partial charge in [0.25, 0.3) is 0 Å². The standard InChI is InChI=1S/C21H20O12/c22-6-13-15(27)17(29)18(30)21(32-13)33-20-16(28)14-11(26)4-8(23)5-12(14)31-19(20)7-1-2-9(24)10(25)3-7/h1-5,13,15,17-18,21-27,29-30H,6H2/t13-,15-,17-,18-,21-/m0/s1. The minimum Gasteiger partial charge on any atom is -0.508 e. The molecule has 33 heavy (non-hydrogen) atoms. The number of hydrogen-bond donors (Lipinski definition) is 8. The first kappa shape index (κ1) is 22.6. The zero-order chi connectivity index (χ0) is 24.0. The van der Waals surface area contributed by atoms with Crippen LogP contribution in [0.2, 0.25) is 0 Å². The summed E-state index contributed by atoms with van der Waals surface area (Å²) in [6.45, 7) is -0.740. The fourth-order valence-electron chi connectivity index (χ4n) is 3.51. The van der Waals surface area contributed by atoms with Gasteiger partial charge in [-0.15, -0.1) is 0 Å². The third kappa shape index (κ3) is 3.90. The SMILES string of the molecule is O=c1c(O[C@@H]2O[C@@H](CO)[C@H](O)[C@H](O)[C@@H]2O)c(-c2ccc(O)c(O)c2)oc2cc(O)cc(O)c12. The Kier molecular flexibility index (Phi) is 5.78. The lowest BCUT2D eigenvalue weighted by Gasteiger charge is -2.39. The van der Waals surface area contributed by atoms with E-state index in [2.05, 4.69) is 0 Å². The molecule has 1 aliphatic heterocycles. The van der Waals surface area contributed by atoms with Crippen molar-refractivity contribution < 1.29 is 54.7 Å². The third-order valence-corrected chi connectivity index (χ3v) is 5.24. The van der Waals surface area contributed by atoms with Gasteiger partial charge in [-0.1, -0.05) is 0 Å². The topological polar surface area (TPSA) is 211 Å². The molecule has 1 saturated heterocycles. The summed E-state index contributed by atoms with van der Waals surface area (Å²) >= 11 is 0. The van der Waals surface area contributed by atoms with E-state index in [-0.39, 0.29) is 22.3 Å². The number of phenolic OH excluding ortho intramolecular Hbond substituents is 4. The molecule has 1 aliphatic rings. The van der Waals surface area contributed by atoms with Gasteiger partial charge in [-0.05, 0) is 18.2 Å². The zero-order valence-electron chi connectivity index (χ0n) is 16.7. The van der Waals surface area contributed by atoms with Crippen LogP contribution in [0.5, 0.6) is 28.7 Å². The van der Waals surface area contributed by atoms with Crippen LogP contribution < -0.4 is 10.2 Å². The van der Waals surface area contributed by atoms with Crippen LogP contribution in [0, 0.1) is 0 Å². The minimum absolute atomic E-state index is 0.0201. The normalized spacial score (nSPS) is 25.3. The number of benzene rings is 2. The van der Waals surface area contributed by atoms with Crippen molar-refractivity contribution in [2.24, 2.45) is 0 Å². The van der Waals surface area contributed by atoms with Gasteiger partial charge in [0, 0.05) is 17.7 Å². The van der Waals surface area contributed by atoms with Crippen LogP contribution in [-0.2, 0) is 4.74 Å². The lowest BCUT2D eigenvalue weighted by Crippen LogP contribution is -2.60. The summed E-state index contributed by atoms with van der Waals surface area (Å²) in [4.78, 5) is 13.2. The maximum atomic E-state index is 13.2. The van der Waals surface area contributed by atoms with Crippen molar-refractivity contribution >= 4 is 11.0 Å². The maximum absolute atomic E-state index is 13.2. The first-order valence-corrected chi connectivity index (χ1v) is 9.64. The molecule has 0 amide bonds. The first-order valence-electron chi connectivity index (χ1n) is 9.64. The predicted molar refractivity (Wildman–Crippen MR) is 109 cm³/mol. The van der Waals surface area contributed by atoms with Gasteiger partial charge >= 0.3 is 0 Å². The summed E-state index contributed by atoms with van der Waals surface area (Å²) < 4.78 is 16.5. The highest BCUT2D eigenvalue weighted by Crippen LogP contribution is 2.39. The molecule has 0 bridgehead atoms. The van der Waals surface area contributed by atoms with E-state index in [1.807, 2.05) is 0 Å². The zero-order valence-corrected chi connectivity index (χ0v) is 16.7. The van der Waals surface area contributed by atoms with Crippen LogP contribution in [0.15, 0.2) is 39.5 Å². The highest BCUT2D eigenvalue weighted by Gasteiger charge is 2.45. The smallest absolute Gasteiger partial charge is 0.239 e. The van der Waals surface area contributed by atoms with Gasteiger partial charge in [-0.2, -0.15) is 0 Å². The van der Waals surface area contributed by atoms with Crippen molar-refractivity contribution in [2.75, 3.05) is 6.61 Å². The molecule has 0 radical (unpaired) electrons. The number of fused-ring (bicyclic) bond motifs is 1. The average molecular weight is 464 g/mol. The number of rotatable bonds is 4. The second-order valence-corrected chi connectivity index (χ2v) is 7.45. The Balaban J connectivity index is 1.91. The van der Waals surface area contributed by atoms with E-state index in [1.165, 1.54) is 6.07 Å². The van der Waals surface area contributed by atoms with Crippen LogP contribution in [-0.4, -0.2) is 78.2 Å². The lowest BCUT2D eigenvalue weighted by molar-refractivity contribution is -0.277. The molecule has 176 valence electrons. The molecule has 12 nitrogen and oxygen atoms in total. The monoisotopic (exact) mass is 464 g/mol. The second-order valence-electron chi connectivity index (χ2n) is 7.45. The molecular formula is C21H20O12. The van der Waals surface area contributed by atoms with E-state index in [0.29, 0.717) is 0 Å². The number of aliphatic hydroxyl groups is 4. The molecule has 0 unspecified atom stereocenters. The molecule has 8 N–H and O–H groups in total. The summed E-state index contributed by atoms with van der Waals surface area (Å²) in [5.74, 6) is -3.05. The Bertz CT molecular complexity index is 1250. The molecule has 0 saturated carbocycles. The van der Waals surface area contributed by atoms with Crippen molar-refractivity contribution in [1.29, 1.82) is 0 Å².